The van der Waals surface area contributed by atoms with E-state index in [-0.39, 0.29) is 16.0 Å². The van der Waals surface area contributed by atoms with Crippen molar-refractivity contribution in [2.24, 2.45) is 7.05 Å². The first-order valence-corrected chi connectivity index (χ1v) is 15.9. The van der Waals surface area contributed by atoms with Crippen LogP contribution in [0.15, 0.2) is 76.4 Å². The number of hydrogen-bond acceptors (Lipinski definition) is 4. The quantitative estimate of drug-likeness (QED) is 0.283. The summed E-state index contributed by atoms with van der Waals surface area (Å²) >= 11 is 0. The SMILES string of the molecule is Cc1cc(C)c(S(=O)(=O)N(CC(=O)NCCc2ccc(C(C)(C)C)cc2)c2c(C)n(C)n(-c3ccccc3)c2=O)c(C)c1. The molecule has 0 saturated carbocycles. The minimum atomic E-state index is -4.31. The molecule has 0 aliphatic carbocycles. The summed E-state index contributed by atoms with van der Waals surface area (Å²) in [5, 5.41) is 2.87. The van der Waals surface area contributed by atoms with Crippen LogP contribution in [0.25, 0.3) is 5.69 Å². The largest absolute Gasteiger partial charge is 0.354 e. The molecule has 0 radical (unpaired) electrons. The highest BCUT2D eigenvalue weighted by Gasteiger charge is 2.35. The smallest absolute Gasteiger partial charge is 0.296 e. The first kappa shape index (κ1) is 31.8. The fourth-order valence-electron chi connectivity index (χ4n) is 5.51. The number of para-hydroxylation sites is 1. The molecule has 4 aromatic rings. The number of carbonyl (C=O) groups is 1. The van der Waals surface area contributed by atoms with Gasteiger partial charge in [0.2, 0.25) is 5.91 Å². The number of hydrogen-bond donors (Lipinski definition) is 1. The number of benzene rings is 3. The van der Waals surface area contributed by atoms with Gasteiger partial charge in [-0.1, -0.05) is 80.9 Å². The Labute approximate surface area is 255 Å². The van der Waals surface area contributed by atoms with E-state index in [9.17, 15) is 18.0 Å². The van der Waals surface area contributed by atoms with Crippen LogP contribution < -0.4 is 15.2 Å². The van der Waals surface area contributed by atoms with E-state index in [4.69, 9.17) is 0 Å². The summed E-state index contributed by atoms with van der Waals surface area (Å²) in [5.74, 6) is -0.494. The number of rotatable bonds is 9. The van der Waals surface area contributed by atoms with Gasteiger partial charge in [0.05, 0.1) is 16.3 Å². The average molecular weight is 603 g/mol. The van der Waals surface area contributed by atoms with Crippen LogP contribution in [0.1, 0.15) is 54.3 Å². The number of anilines is 1. The van der Waals surface area contributed by atoms with Gasteiger partial charge in [-0.2, -0.15) is 0 Å². The van der Waals surface area contributed by atoms with Gasteiger partial charge in [0, 0.05) is 13.6 Å². The summed E-state index contributed by atoms with van der Waals surface area (Å²) in [6.45, 7) is 13.3. The zero-order chi connectivity index (χ0) is 31.7. The van der Waals surface area contributed by atoms with E-state index < -0.39 is 28.0 Å². The molecule has 0 aliphatic heterocycles. The summed E-state index contributed by atoms with van der Waals surface area (Å²) in [4.78, 5) is 27.4. The Kier molecular flexibility index (Phi) is 9.06. The first-order valence-electron chi connectivity index (χ1n) is 14.4. The van der Waals surface area contributed by atoms with E-state index in [0.29, 0.717) is 35.5 Å². The van der Waals surface area contributed by atoms with E-state index in [1.807, 2.05) is 25.1 Å². The number of aryl methyl sites for hydroxylation is 3. The second-order valence-corrected chi connectivity index (χ2v) is 14.0. The van der Waals surface area contributed by atoms with Gasteiger partial charge in [0.25, 0.3) is 15.6 Å². The Morgan fingerprint density at radius 2 is 1.49 bits per heavy atom. The number of aromatic nitrogens is 2. The monoisotopic (exact) mass is 602 g/mol. The third-order valence-corrected chi connectivity index (χ3v) is 9.82. The minimum Gasteiger partial charge on any atom is -0.354 e. The van der Waals surface area contributed by atoms with Crippen LogP contribution in [-0.2, 0) is 33.7 Å². The number of nitrogens with zero attached hydrogens (tertiary/aromatic N) is 3. The van der Waals surface area contributed by atoms with Gasteiger partial charge in [-0.05, 0) is 73.9 Å². The Hall–Kier alpha value is -4.11. The molecular formula is C34H42N4O4S. The standard InChI is InChI=1S/C34H42N4O4S/c1-23-20-24(2)32(25(3)21-23)43(41,42)37(31-26(4)36(8)38(33(31)40)29-12-10-9-11-13-29)22-30(39)35-19-18-27-14-16-28(17-15-27)34(5,6)7/h9-17,20-21H,18-19,22H2,1-8H3,(H,35,39). The van der Waals surface area contributed by atoms with Gasteiger partial charge in [-0.15, -0.1) is 0 Å². The molecule has 1 N–H and O–H groups in total. The molecule has 0 unspecified atom stereocenters. The number of sulfonamides is 1. The van der Waals surface area contributed by atoms with E-state index in [1.165, 1.54) is 10.2 Å². The summed E-state index contributed by atoms with van der Waals surface area (Å²) in [5.41, 5.74) is 4.80. The highest BCUT2D eigenvalue weighted by molar-refractivity contribution is 7.93. The Balaban J connectivity index is 1.70. The minimum absolute atomic E-state index is 0.0461. The van der Waals surface area contributed by atoms with Gasteiger partial charge >= 0.3 is 0 Å². The summed E-state index contributed by atoms with van der Waals surface area (Å²) in [6, 6.07) is 20.9. The van der Waals surface area contributed by atoms with Gasteiger partial charge in [0.15, 0.2) is 0 Å². The summed E-state index contributed by atoms with van der Waals surface area (Å²) in [6.07, 6.45) is 0.588. The van der Waals surface area contributed by atoms with Crippen LogP contribution in [0.2, 0.25) is 0 Å². The highest BCUT2D eigenvalue weighted by atomic mass is 32.2. The fourth-order valence-corrected chi connectivity index (χ4v) is 7.40. The Bertz CT molecular complexity index is 1770. The van der Waals surface area contributed by atoms with Crippen molar-refractivity contribution in [2.45, 2.75) is 65.2 Å². The van der Waals surface area contributed by atoms with E-state index >= 15 is 0 Å². The van der Waals surface area contributed by atoms with Crippen molar-refractivity contribution < 1.29 is 13.2 Å². The van der Waals surface area contributed by atoms with Crippen molar-refractivity contribution in [3.8, 4) is 5.69 Å². The predicted molar refractivity (Wildman–Crippen MR) is 173 cm³/mol. The molecule has 0 atom stereocenters. The van der Waals surface area contributed by atoms with E-state index in [0.717, 1.165) is 15.4 Å². The summed E-state index contributed by atoms with van der Waals surface area (Å²) in [7, 11) is -2.61. The third kappa shape index (κ3) is 6.62. The molecule has 0 aliphatic rings. The molecule has 0 saturated heterocycles. The Morgan fingerprint density at radius 3 is 2.05 bits per heavy atom. The molecule has 1 heterocycles. The van der Waals surface area contributed by atoms with E-state index in [2.05, 4.69) is 38.2 Å². The predicted octanol–water partition coefficient (Wildman–Crippen LogP) is 5.26. The van der Waals surface area contributed by atoms with Gasteiger partial charge in [0.1, 0.15) is 12.2 Å². The van der Waals surface area contributed by atoms with Crippen LogP contribution in [0, 0.1) is 27.7 Å². The second-order valence-electron chi connectivity index (χ2n) is 12.2. The third-order valence-electron chi connectivity index (χ3n) is 7.77. The molecule has 9 heteroatoms. The summed E-state index contributed by atoms with van der Waals surface area (Å²) < 4.78 is 32.8. The van der Waals surface area contributed by atoms with Gasteiger partial charge in [-0.25, -0.2) is 17.4 Å². The zero-order valence-electron chi connectivity index (χ0n) is 26.4. The maximum absolute atomic E-state index is 14.4. The maximum Gasteiger partial charge on any atom is 0.296 e. The van der Waals surface area contributed by atoms with Crippen molar-refractivity contribution in [3.05, 3.63) is 111 Å². The number of amides is 1. The van der Waals surface area contributed by atoms with Crippen LogP contribution >= 0.6 is 0 Å². The zero-order valence-corrected chi connectivity index (χ0v) is 27.2. The molecule has 0 fully saturated rings. The highest BCUT2D eigenvalue weighted by Crippen LogP contribution is 2.30. The average Bonchev–Trinajstić information content (AvgIpc) is 3.14. The second kappa shape index (κ2) is 12.2. The lowest BCUT2D eigenvalue weighted by Crippen LogP contribution is -2.43. The van der Waals surface area contributed by atoms with Gasteiger partial charge in [-0.3, -0.25) is 14.3 Å². The van der Waals surface area contributed by atoms with Crippen LogP contribution in [0.5, 0.6) is 0 Å². The van der Waals surface area contributed by atoms with Crippen LogP contribution in [0.3, 0.4) is 0 Å². The molecule has 43 heavy (non-hydrogen) atoms. The fraction of sp³-hybridized carbons (Fsp3) is 0.353. The molecule has 1 amide bonds. The van der Waals surface area contributed by atoms with Crippen LogP contribution in [-0.4, -0.2) is 36.8 Å². The maximum atomic E-state index is 14.4. The van der Waals surface area contributed by atoms with E-state index in [1.54, 1.807) is 68.9 Å². The van der Waals surface area contributed by atoms with Crippen LogP contribution in [0.4, 0.5) is 5.69 Å². The van der Waals surface area contributed by atoms with Gasteiger partial charge < -0.3 is 5.32 Å². The lowest BCUT2D eigenvalue weighted by molar-refractivity contribution is -0.119. The molecule has 0 spiro atoms. The van der Waals surface area contributed by atoms with Crippen molar-refractivity contribution >= 4 is 21.6 Å². The number of carbonyl (C=O) groups excluding carboxylic acids is 1. The molecule has 0 bridgehead atoms. The molecule has 4 rings (SSSR count). The topological polar surface area (TPSA) is 93.4 Å². The molecule has 8 nitrogen and oxygen atoms in total. The Morgan fingerprint density at radius 1 is 0.907 bits per heavy atom. The molecular weight excluding hydrogens is 560 g/mol. The van der Waals surface area contributed by atoms with Crippen molar-refractivity contribution in [2.75, 3.05) is 17.4 Å². The lowest BCUT2D eigenvalue weighted by atomic mass is 9.86. The lowest BCUT2D eigenvalue weighted by Gasteiger charge is -2.25. The number of nitrogens with one attached hydrogen (secondary N) is 1. The normalized spacial score (nSPS) is 11.9. The van der Waals surface area contributed by atoms with Crippen molar-refractivity contribution in [3.63, 3.8) is 0 Å². The van der Waals surface area contributed by atoms with Crippen molar-refractivity contribution in [1.82, 2.24) is 14.7 Å². The molecule has 1 aromatic heterocycles. The first-order chi connectivity index (χ1) is 20.1. The van der Waals surface area contributed by atoms with Crippen molar-refractivity contribution in [1.29, 1.82) is 0 Å². The molecule has 228 valence electrons. The molecule has 3 aromatic carbocycles.